The number of hydrogen-bond acceptors (Lipinski definition) is 2. The highest BCUT2D eigenvalue weighted by Crippen LogP contribution is 2.26. The molecule has 1 aromatic carbocycles. The molecule has 0 aromatic heterocycles. The third-order valence-electron chi connectivity index (χ3n) is 2.88. The molecule has 0 amide bonds. The summed E-state index contributed by atoms with van der Waals surface area (Å²) in [6.07, 6.45) is 3.20. The lowest BCUT2D eigenvalue weighted by Crippen LogP contribution is -2.23. The molecule has 0 radical (unpaired) electrons. The number of fused-ring (bicyclic) bond motifs is 1. The summed E-state index contributed by atoms with van der Waals surface area (Å²) in [6.45, 7) is 1.37. The third kappa shape index (κ3) is 2.07. The van der Waals surface area contributed by atoms with Crippen molar-refractivity contribution >= 4 is 5.69 Å². The van der Waals surface area contributed by atoms with Crippen LogP contribution in [0.5, 0.6) is 0 Å². The van der Waals surface area contributed by atoms with Crippen LogP contribution in [0.15, 0.2) is 24.3 Å². The Hall–Kier alpha value is -1.02. The zero-order valence-electron chi connectivity index (χ0n) is 8.37. The number of benzene rings is 1. The SMILES string of the molecule is OCCCC1CNc2ccccc2C1. The van der Waals surface area contributed by atoms with Crippen LogP contribution in [0.3, 0.4) is 0 Å². The first kappa shape index (κ1) is 9.53. The van der Waals surface area contributed by atoms with E-state index in [1.807, 2.05) is 0 Å². The van der Waals surface area contributed by atoms with E-state index in [1.165, 1.54) is 11.3 Å². The van der Waals surface area contributed by atoms with Gasteiger partial charge in [-0.2, -0.15) is 0 Å². The summed E-state index contributed by atoms with van der Waals surface area (Å²) < 4.78 is 0. The maximum absolute atomic E-state index is 8.77. The summed E-state index contributed by atoms with van der Waals surface area (Å²) in [5.74, 6) is 0.692. The van der Waals surface area contributed by atoms with Crippen LogP contribution in [-0.2, 0) is 6.42 Å². The molecular weight excluding hydrogens is 174 g/mol. The Morgan fingerprint density at radius 2 is 2.21 bits per heavy atom. The summed E-state index contributed by atoms with van der Waals surface area (Å²) >= 11 is 0. The molecule has 1 aliphatic rings. The molecule has 0 bridgehead atoms. The van der Waals surface area contributed by atoms with E-state index >= 15 is 0 Å². The summed E-state index contributed by atoms with van der Waals surface area (Å²) in [5, 5.41) is 12.2. The van der Waals surface area contributed by atoms with Gasteiger partial charge in [0.15, 0.2) is 0 Å². The van der Waals surface area contributed by atoms with Crippen molar-refractivity contribution in [2.45, 2.75) is 19.3 Å². The number of rotatable bonds is 3. The van der Waals surface area contributed by atoms with Crippen LogP contribution >= 0.6 is 0 Å². The highest BCUT2D eigenvalue weighted by Gasteiger charge is 2.16. The second-order valence-corrected chi connectivity index (χ2v) is 3.97. The Morgan fingerprint density at radius 3 is 3.07 bits per heavy atom. The van der Waals surface area contributed by atoms with Gasteiger partial charge in [-0.25, -0.2) is 0 Å². The fraction of sp³-hybridized carbons (Fsp3) is 0.500. The zero-order chi connectivity index (χ0) is 9.80. The third-order valence-corrected chi connectivity index (χ3v) is 2.88. The first-order valence-electron chi connectivity index (χ1n) is 5.33. The number of aliphatic hydroxyl groups is 1. The number of aliphatic hydroxyl groups excluding tert-OH is 1. The topological polar surface area (TPSA) is 32.3 Å². The Morgan fingerprint density at radius 1 is 1.36 bits per heavy atom. The highest BCUT2D eigenvalue weighted by atomic mass is 16.2. The van der Waals surface area contributed by atoms with Gasteiger partial charge in [0.2, 0.25) is 0 Å². The normalized spacial score (nSPS) is 19.9. The van der Waals surface area contributed by atoms with Crippen molar-refractivity contribution in [3.05, 3.63) is 29.8 Å². The summed E-state index contributed by atoms with van der Waals surface area (Å²) in [5.41, 5.74) is 2.70. The van der Waals surface area contributed by atoms with Crippen molar-refractivity contribution in [2.75, 3.05) is 18.5 Å². The first-order chi connectivity index (χ1) is 6.90. The summed E-state index contributed by atoms with van der Waals surface area (Å²) in [6, 6.07) is 8.49. The first-order valence-corrected chi connectivity index (χ1v) is 5.33. The quantitative estimate of drug-likeness (QED) is 0.766. The van der Waals surface area contributed by atoms with Crippen LogP contribution in [0.25, 0.3) is 0 Å². The fourth-order valence-electron chi connectivity index (χ4n) is 2.09. The molecule has 76 valence electrons. The smallest absolute Gasteiger partial charge is 0.0431 e. The van der Waals surface area contributed by atoms with Gasteiger partial charge in [-0.15, -0.1) is 0 Å². The van der Waals surface area contributed by atoms with E-state index in [1.54, 1.807) is 0 Å². The van der Waals surface area contributed by atoms with Gasteiger partial charge in [0, 0.05) is 18.8 Å². The van der Waals surface area contributed by atoms with E-state index < -0.39 is 0 Å². The average Bonchev–Trinajstić information content (AvgIpc) is 2.26. The van der Waals surface area contributed by atoms with E-state index in [9.17, 15) is 0 Å². The lowest BCUT2D eigenvalue weighted by atomic mass is 9.91. The maximum atomic E-state index is 8.77. The van der Waals surface area contributed by atoms with Crippen LogP contribution in [-0.4, -0.2) is 18.3 Å². The van der Waals surface area contributed by atoms with E-state index in [0.717, 1.165) is 25.8 Å². The number of hydrogen-bond donors (Lipinski definition) is 2. The van der Waals surface area contributed by atoms with Gasteiger partial charge in [-0.3, -0.25) is 0 Å². The monoisotopic (exact) mass is 191 g/mol. The van der Waals surface area contributed by atoms with Gasteiger partial charge < -0.3 is 10.4 Å². The number of nitrogens with one attached hydrogen (secondary N) is 1. The molecule has 1 aromatic rings. The van der Waals surface area contributed by atoms with Gasteiger partial charge in [0.1, 0.15) is 0 Å². The molecule has 0 fully saturated rings. The van der Waals surface area contributed by atoms with Gasteiger partial charge >= 0.3 is 0 Å². The molecule has 1 aliphatic heterocycles. The minimum atomic E-state index is 0.318. The minimum absolute atomic E-state index is 0.318. The second-order valence-electron chi connectivity index (χ2n) is 3.97. The molecule has 1 heterocycles. The van der Waals surface area contributed by atoms with E-state index in [4.69, 9.17) is 5.11 Å². The molecular formula is C12H17NO. The Balaban J connectivity index is 1.99. The number of para-hydroxylation sites is 1. The fourth-order valence-corrected chi connectivity index (χ4v) is 2.09. The molecule has 1 atom stereocenters. The molecule has 2 heteroatoms. The molecule has 0 spiro atoms. The van der Waals surface area contributed by atoms with Crippen molar-refractivity contribution in [2.24, 2.45) is 5.92 Å². The predicted octanol–water partition coefficient (Wildman–Crippen LogP) is 2.04. The molecule has 14 heavy (non-hydrogen) atoms. The highest BCUT2D eigenvalue weighted by molar-refractivity contribution is 5.53. The summed E-state index contributed by atoms with van der Waals surface area (Å²) in [7, 11) is 0. The van der Waals surface area contributed by atoms with E-state index in [0.29, 0.717) is 12.5 Å². The molecule has 2 rings (SSSR count). The van der Waals surface area contributed by atoms with Crippen molar-refractivity contribution < 1.29 is 5.11 Å². The van der Waals surface area contributed by atoms with Crippen LogP contribution in [0, 0.1) is 5.92 Å². The molecule has 0 aliphatic carbocycles. The molecule has 2 nitrogen and oxygen atoms in total. The van der Waals surface area contributed by atoms with Crippen LogP contribution < -0.4 is 5.32 Å². The Kier molecular flexibility index (Phi) is 3.04. The van der Waals surface area contributed by atoms with Crippen molar-refractivity contribution in [1.82, 2.24) is 0 Å². The summed E-state index contributed by atoms with van der Waals surface area (Å²) in [4.78, 5) is 0. The number of anilines is 1. The molecule has 0 saturated carbocycles. The maximum Gasteiger partial charge on any atom is 0.0431 e. The lowest BCUT2D eigenvalue weighted by Gasteiger charge is -2.25. The van der Waals surface area contributed by atoms with Crippen molar-refractivity contribution in [1.29, 1.82) is 0 Å². The Bertz CT molecular complexity index is 298. The van der Waals surface area contributed by atoms with Crippen molar-refractivity contribution in [3.8, 4) is 0 Å². The zero-order valence-corrected chi connectivity index (χ0v) is 8.37. The van der Waals surface area contributed by atoms with Gasteiger partial charge in [0.05, 0.1) is 0 Å². The van der Waals surface area contributed by atoms with E-state index in [-0.39, 0.29) is 0 Å². The Labute approximate surface area is 85.0 Å². The van der Waals surface area contributed by atoms with E-state index in [2.05, 4.69) is 29.6 Å². The van der Waals surface area contributed by atoms with Gasteiger partial charge in [-0.1, -0.05) is 18.2 Å². The van der Waals surface area contributed by atoms with Crippen molar-refractivity contribution in [3.63, 3.8) is 0 Å². The van der Waals surface area contributed by atoms with Gasteiger partial charge in [-0.05, 0) is 36.8 Å². The molecule has 2 N–H and O–H groups in total. The minimum Gasteiger partial charge on any atom is -0.396 e. The standard InChI is InChI=1S/C12H17NO/c14-7-3-4-10-8-11-5-1-2-6-12(11)13-9-10/h1-2,5-6,10,13-14H,3-4,7-9H2. The average molecular weight is 191 g/mol. The lowest BCUT2D eigenvalue weighted by molar-refractivity contribution is 0.272. The second kappa shape index (κ2) is 4.47. The van der Waals surface area contributed by atoms with Crippen LogP contribution in [0.2, 0.25) is 0 Å². The largest absolute Gasteiger partial charge is 0.396 e. The van der Waals surface area contributed by atoms with Crippen LogP contribution in [0.4, 0.5) is 5.69 Å². The van der Waals surface area contributed by atoms with Gasteiger partial charge in [0.25, 0.3) is 0 Å². The van der Waals surface area contributed by atoms with Crippen LogP contribution in [0.1, 0.15) is 18.4 Å². The molecule has 0 saturated heterocycles. The molecule has 1 unspecified atom stereocenters. The predicted molar refractivity (Wildman–Crippen MR) is 58.4 cm³/mol.